The van der Waals surface area contributed by atoms with E-state index in [0.717, 1.165) is 32.4 Å². The van der Waals surface area contributed by atoms with Crippen LogP contribution in [0.2, 0.25) is 5.02 Å². The first-order valence-electron chi connectivity index (χ1n) is 6.93. The van der Waals surface area contributed by atoms with Crippen LogP contribution in [0.4, 0.5) is 0 Å². The van der Waals surface area contributed by atoms with E-state index in [0.29, 0.717) is 12.5 Å². The smallest absolute Gasteiger partial charge is 0.240 e. The van der Waals surface area contributed by atoms with Crippen LogP contribution in [0.15, 0.2) is 23.1 Å². The van der Waals surface area contributed by atoms with Gasteiger partial charge in [-0.1, -0.05) is 11.6 Å². The SMILES string of the molecule is N#Cc1ccc(S(=O)(=O)NCC[C@H]2CCCNC2)cc1Cl. The first kappa shape index (κ1) is 16.2. The summed E-state index contributed by atoms with van der Waals surface area (Å²) in [4.78, 5) is 0.0910. The first-order chi connectivity index (χ1) is 10.0. The van der Waals surface area contributed by atoms with E-state index in [1.165, 1.54) is 18.2 Å². The van der Waals surface area contributed by atoms with Crippen LogP contribution in [0.5, 0.6) is 0 Å². The summed E-state index contributed by atoms with van der Waals surface area (Å²) in [5.74, 6) is 0.519. The van der Waals surface area contributed by atoms with Crippen molar-refractivity contribution >= 4 is 21.6 Å². The molecular weight excluding hydrogens is 310 g/mol. The van der Waals surface area contributed by atoms with Crippen LogP contribution in [0.1, 0.15) is 24.8 Å². The first-order valence-corrected chi connectivity index (χ1v) is 8.79. The largest absolute Gasteiger partial charge is 0.316 e. The summed E-state index contributed by atoms with van der Waals surface area (Å²) in [5, 5.41) is 12.3. The topological polar surface area (TPSA) is 82.0 Å². The molecule has 0 bridgehead atoms. The Labute approximate surface area is 130 Å². The minimum Gasteiger partial charge on any atom is -0.316 e. The minimum absolute atomic E-state index is 0.0910. The maximum absolute atomic E-state index is 12.2. The van der Waals surface area contributed by atoms with Crippen molar-refractivity contribution < 1.29 is 8.42 Å². The fourth-order valence-corrected chi connectivity index (χ4v) is 3.77. The van der Waals surface area contributed by atoms with E-state index >= 15 is 0 Å². The number of nitrogens with one attached hydrogen (secondary N) is 2. The summed E-state index contributed by atoms with van der Waals surface area (Å²) in [6.45, 7) is 2.41. The number of rotatable bonds is 5. The summed E-state index contributed by atoms with van der Waals surface area (Å²) in [7, 11) is -3.57. The van der Waals surface area contributed by atoms with Gasteiger partial charge in [0.05, 0.1) is 15.5 Å². The van der Waals surface area contributed by atoms with Gasteiger partial charge in [0.25, 0.3) is 0 Å². The molecule has 0 aromatic heterocycles. The highest BCUT2D eigenvalue weighted by Crippen LogP contribution is 2.20. The molecule has 1 aromatic carbocycles. The van der Waals surface area contributed by atoms with Gasteiger partial charge in [0.15, 0.2) is 0 Å². The zero-order valence-corrected chi connectivity index (χ0v) is 13.2. The maximum atomic E-state index is 12.2. The molecule has 114 valence electrons. The Balaban J connectivity index is 1.95. The molecule has 5 nitrogen and oxygen atoms in total. The molecule has 0 aliphatic carbocycles. The number of piperidine rings is 1. The normalized spacial score (nSPS) is 19.1. The molecule has 1 aliphatic heterocycles. The van der Waals surface area contributed by atoms with Crippen molar-refractivity contribution in [1.82, 2.24) is 10.0 Å². The quantitative estimate of drug-likeness (QED) is 0.865. The minimum atomic E-state index is -3.57. The summed E-state index contributed by atoms with van der Waals surface area (Å²) >= 11 is 5.87. The predicted molar refractivity (Wildman–Crippen MR) is 81.6 cm³/mol. The van der Waals surface area contributed by atoms with E-state index < -0.39 is 10.0 Å². The Morgan fingerprint density at radius 2 is 2.29 bits per heavy atom. The van der Waals surface area contributed by atoms with Crippen molar-refractivity contribution in [3.05, 3.63) is 28.8 Å². The molecule has 1 heterocycles. The molecule has 0 spiro atoms. The molecular formula is C14H18ClN3O2S. The lowest BCUT2D eigenvalue weighted by molar-refractivity contribution is 0.358. The molecule has 1 atom stereocenters. The van der Waals surface area contributed by atoms with Crippen LogP contribution in [0.25, 0.3) is 0 Å². The highest BCUT2D eigenvalue weighted by atomic mass is 35.5. The Bertz CT molecular complexity index is 634. The van der Waals surface area contributed by atoms with Gasteiger partial charge in [0.2, 0.25) is 10.0 Å². The predicted octanol–water partition coefficient (Wildman–Crippen LogP) is 1.88. The number of benzene rings is 1. The van der Waals surface area contributed by atoms with E-state index in [1.54, 1.807) is 0 Å². The lowest BCUT2D eigenvalue weighted by atomic mass is 9.96. The van der Waals surface area contributed by atoms with Crippen LogP contribution in [-0.4, -0.2) is 28.1 Å². The third-order valence-corrected chi connectivity index (χ3v) is 5.39. The summed E-state index contributed by atoms with van der Waals surface area (Å²) < 4.78 is 26.9. The van der Waals surface area contributed by atoms with Crippen molar-refractivity contribution in [2.75, 3.05) is 19.6 Å². The fraction of sp³-hybridized carbons (Fsp3) is 0.500. The second-order valence-corrected chi connectivity index (χ2v) is 7.33. The number of sulfonamides is 1. The van der Waals surface area contributed by atoms with Gasteiger partial charge in [-0.05, 0) is 56.5 Å². The second-order valence-electron chi connectivity index (χ2n) is 5.15. The van der Waals surface area contributed by atoms with Crippen LogP contribution in [0, 0.1) is 17.2 Å². The van der Waals surface area contributed by atoms with Crippen molar-refractivity contribution in [3.8, 4) is 6.07 Å². The van der Waals surface area contributed by atoms with Gasteiger partial charge < -0.3 is 5.32 Å². The third-order valence-electron chi connectivity index (χ3n) is 3.61. The second kappa shape index (κ2) is 7.23. The monoisotopic (exact) mass is 327 g/mol. The standard InChI is InChI=1S/C14H18ClN3O2S/c15-14-8-13(4-3-12(14)9-16)21(19,20)18-7-5-11-2-1-6-17-10-11/h3-4,8,11,17-18H,1-2,5-7,10H2/t11-/m1/s1. The van der Waals surface area contributed by atoms with Gasteiger partial charge >= 0.3 is 0 Å². The van der Waals surface area contributed by atoms with Gasteiger partial charge in [-0.2, -0.15) is 5.26 Å². The van der Waals surface area contributed by atoms with Crippen molar-refractivity contribution in [2.24, 2.45) is 5.92 Å². The average Bonchev–Trinajstić information content (AvgIpc) is 2.48. The molecule has 7 heteroatoms. The highest BCUT2D eigenvalue weighted by Gasteiger charge is 2.17. The molecule has 2 N–H and O–H groups in total. The Morgan fingerprint density at radius 1 is 1.48 bits per heavy atom. The van der Waals surface area contributed by atoms with Gasteiger partial charge in [0.1, 0.15) is 6.07 Å². The molecule has 2 rings (SSSR count). The highest BCUT2D eigenvalue weighted by molar-refractivity contribution is 7.89. The van der Waals surface area contributed by atoms with Crippen molar-refractivity contribution in [1.29, 1.82) is 5.26 Å². The van der Waals surface area contributed by atoms with Crippen LogP contribution < -0.4 is 10.0 Å². The zero-order chi connectivity index (χ0) is 15.3. The molecule has 0 unspecified atom stereocenters. The van der Waals surface area contributed by atoms with Crippen LogP contribution >= 0.6 is 11.6 Å². The average molecular weight is 328 g/mol. The molecule has 0 radical (unpaired) electrons. The van der Waals surface area contributed by atoms with Crippen molar-refractivity contribution in [3.63, 3.8) is 0 Å². The molecule has 1 fully saturated rings. The summed E-state index contributed by atoms with van der Waals surface area (Å²) in [6, 6.07) is 6.03. The summed E-state index contributed by atoms with van der Waals surface area (Å²) in [6.07, 6.45) is 3.09. The Hall–Kier alpha value is -1.13. The maximum Gasteiger partial charge on any atom is 0.240 e. The molecule has 1 saturated heterocycles. The van der Waals surface area contributed by atoms with E-state index in [4.69, 9.17) is 16.9 Å². The summed E-state index contributed by atoms with van der Waals surface area (Å²) in [5.41, 5.74) is 0.267. The third kappa shape index (κ3) is 4.42. The number of nitriles is 1. The zero-order valence-electron chi connectivity index (χ0n) is 11.6. The van der Waals surface area contributed by atoms with Crippen LogP contribution in [0.3, 0.4) is 0 Å². The number of halogens is 1. The van der Waals surface area contributed by atoms with E-state index in [2.05, 4.69) is 10.0 Å². The van der Waals surface area contributed by atoms with Crippen LogP contribution in [-0.2, 0) is 10.0 Å². The molecule has 0 saturated carbocycles. The van der Waals surface area contributed by atoms with Gasteiger partial charge in [-0.3, -0.25) is 0 Å². The lowest BCUT2D eigenvalue weighted by Crippen LogP contribution is -2.33. The van der Waals surface area contributed by atoms with E-state index in [-0.39, 0.29) is 15.5 Å². The Morgan fingerprint density at radius 3 is 2.90 bits per heavy atom. The number of hydrogen-bond acceptors (Lipinski definition) is 4. The molecule has 0 amide bonds. The molecule has 1 aliphatic rings. The molecule has 1 aromatic rings. The number of nitrogens with zero attached hydrogens (tertiary/aromatic N) is 1. The van der Waals surface area contributed by atoms with Gasteiger partial charge in [0, 0.05) is 6.54 Å². The number of hydrogen-bond donors (Lipinski definition) is 2. The molecule has 21 heavy (non-hydrogen) atoms. The Kier molecular flexibility index (Phi) is 5.59. The van der Waals surface area contributed by atoms with E-state index in [1.807, 2.05) is 6.07 Å². The van der Waals surface area contributed by atoms with Gasteiger partial charge in [-0.25, -0.2) is 13.1 Å². The van der Waals surface area contributed by atoms with Crippen molar-refractivity contribution in [2.45, 2.75) is 24.2 Å². The van der Waals surface area contributed by atoms with E-state index in [9.17, 15) is 8.42 Å². The van der Waals surface area contributed by atoms with Gasteiger partial charge in [-0.15, -0.1) is 0 Å². The lowest BCUT2D eigenvalue weighted by Gasteiger charge is -2.22. The fourth-order valence-electron chi connectivity index (χ4n) is 2.40.